The van der Waals surface area contributed by atoms with Crippen molar-refractivity contribution < 1.29 is 17.6 Å². The third-order valence-electron chi connectivity index (χ3n) is 5.14. The zero-order chi connectivity index (χ0) is 21.9. The number of rotatable bonds is 7. The van der Waals surface area contributed by atoms with Gasteiger partial charge in [0.05, 0.1) is 23.6 Å². The molecule has 0 aliphatic carbocycles. The van der Waals surface area contributed by atoms with Crippen molar-refractivity contribution in [2.75, 3.05) is 29.8 Å². The van der Waals surface area contributed by atoms with E-state index in [9.17, 15) is 13.2 Å². The van der Waals surface area contributed by atoms with Crippen LogP contribution < -0.4 is 14.3 Å². The molecule has 11 heteroatoms. The first kappa shape index (κ1) is 22.2. The summed E-state index contributed by atoms with van der Waals surface area (Å²) in [5.41, 5.74) is 0.899. The van der Waals surface area contributed by atoms with E-state index in [1.807, 2.05) is 20.9 Å². The molecule has 2 aromatic heterocycles. The van der Waals surface area contributed by atoms with Crippen molar-refractivity contribution in [3.8, 4) is 0 Å². The molecule has 10 nitrogen and oxygen atoms in total. The van der Waals surface area contributed by atoms with Crippen LogP contribution in [0, 0.1) is 0 Å². The number of likely N-dealkylation sites (tertiary alicyclic amines) is 1. The van der Waals surface area contributed by atoms with E-state index >= 15 is 0 Å². The second kappa shape index (κ2) is 9.09. The zero-order valence-electron chi connectivity index (χ0n) is 17.9. The van der Waals surface area contributed by atoms with Crippen LogP contribution in [0.2, 0.25) is 0 Å². The first-order valence-corrected chi connectivity index (χ1v) is 11.6. The van der Waals surface area contributed by atoms with E-state index in [0.29, 0.717) is 42.9 Å². The SMILES string of the molecule is CCc1cc(NC(=O)NS(=O)(=O)N(c2cnn(C)c2)C2CCCN(C)C2)c(CC)o1. The van der Waals surface area contributed by atoms with Crippen LogP contribution in [-0.2, 0) is 30.1 Å². The summed E-state index contributed by atoms with van der Waals surface area (Å²) in [6, 6.07) is 0.594. The molecule has 1 atom stereocenters. The van der Waals surface area contributed by atoms with Crippen molar-refractivity contribution >= 4 is 27.6 Å². The average molecular weight is 439 g/mol. The third kappa shape index (κ3) is 4.96. The van der Waals surface area contributed by atoms with Crippen LogP contribution in [-0.4, -0.2) is 55.3 Å². The minimum absolute atomic E-state index is 0.301. The number of likely N-dealkylation sites (N-methyl/N-ethyl adjacent to an activating group) is 1. The molecule has 1 aliphatic heterocycles. The third-order valence-corrected chi connectivity index (χ3v) is 6.61. The molecule has 2 aromatic rings. The normalized spacial score (nSPS) is 17.7. The summed E-state index contributed by atoms with van der Waals surface area (Å²) in [6.45, 7) is 5.33. The van der Waals surface area contributed by atoms with Crippen molar-refractivity contribution in [2.24, 2.45) is 7.05 Å². The minimum atomic E-state index is -4.16. The van der Waals surface area contributed by atoms with Crippen LogP contribution in [0.1, 0.15) is 38.2 Å². The highest BCUT2D eigenvalue weighted by atomic mass is 32.2. The number of urea groups is 1. The number of nitrogens with zero attached hydrogens (tertiary/aromatic N) is 4. The molecular weight excluding hydrogens is 408 g/mol. The second-order valence-electron chi connectivity index (χ2n) is 7.54. The molecule has 1 aliphatic rings. The lowest BCUT2D eigenvalue weighted by Gasteiger charge is -2.37. The average Bonchev–Trinajstić information content (AvgIpc) is 3.26. The van der Waals surface area contributed by atoms with Crippen molar-refractivity contribution in [1.82, 2.24) is 19.4 Å². The van der Waals surface area contributed by atoms with Gasteiger partial charge in [0.2, 0.25) is 0 Å². The van der Waals surface area contributed by atoms with Crippen LogP contribution >= 0.6 is 0 Å². The van der Waals surface area contributed by atoms with Gasteiger partial charge in [-0.05, 0) is 26.4 Å². The number of amides is 2. The van der Waals surface area contributed by atoms with Crippen molar-refractivity contribution in [2.45, 2.75) is 45.6 Å². The molecule has 1 unspecified atom stereocenters. The fraction of sp³-hybridized carbons (Fsp3) is 0.579. The number of hydrogen-bond donors (Lipinski definition) is 2. The maximum atomic E-state index is 13.2. The zero-order valence-corrected chi connectivity index (χ0v) is 18.7. The molecule has 0 spiro atoms. The lowest BCUT2D eigenvalue weighted by Crippen LogP contribution is -2.54. The Bertz CT molecular complexity index is 983. The summed E-state index contributed by atoms with van der Waals surface area (Å²) in [5, 5.41) is 6.72. The molecule has 1 fully saturated rings. The highest BCUT2D eigenvalue weighted by molar-refractivity contribution is 7.91. The highest BCUT2D eigenvalue weighted by Gasteiger charge is 2.35. The van der Waals surface area contributed by atoms with E-state index in [1.165, 1.54) is 15.2 Å². The van der Waals surface area contributed by atoms with E-state index in [-0.39, 0.29) is 6.04 Å². The fourth-order valence-electron chi connectivity index (χ4n) is 3.74. The number of aromatic nitrogens is 2. The van der Waals surface area contributed by atoms with Gasteiger partial charge in [0, 0.05) is 38.7 Å². The van der Waals surface area contributed by atoms with Crippen LogP contribution in [0.15, 0.2) is 22.9 Å². The Morgan fingerprint density at radius 1 is 1.33 bits per heavy atom. The fourth-order valence-corrected chi connectivity index (χ4v) is 5.06. The Balaban J connectivity index is 1.82. The summed E-state index contributed by atoms with van der Waals surface area (Å²) >= 11 is 0. The molecular formula is C19H30N6O4S. The summed E-state index contributed by atoms with van der Waals surface area (Å²) in [6.07, 6.45) is 5.95. The first-order valence-electron chi connectivity index (χ1n) is 10.2. The quantitative estimate of drug-likeness (QED) is 0.685. The number of nitrogens with one attached hydrogen (secondary N) is 2. The number of carbonyl (C=O) groups is 1. The number of piperidine rings is 1. The van der Waals surface area contributed by atoms with Crippen LogP contribution in [0.5, 0.6) is 0 Å². The van der Waals surface area contributed by atoms with Crippen LogP contribution in [0.25, 0.3) is 0 Å². The van der Waals surface area contributed by atoms with Gasteiger partial charge in [-0.15, -0.1) is 0 Å². The van der Waals surface area contributed by atoms with E-state index in [0.717, 1.165) is 18.7 Å². The summed E-state index contributed by atoms with van der Waals surface area (Å²) in [7, 11) is -0.487. The van der Waals surface area contributed by atoms with Crippen molar-refractivity contribution in [1.29, 1.82) is 0 Å². The summed E-state index contributed by atoms with van der Waals surface area (Å²) < 4.78 is 37.1. The maximum absolute atomic E-state index is 13.2. The first-order chi connectivity index (χ1) is 14.2. The van der Waals surface area contributed by atoms with Gasteiger partial charge in [-0.25, -0.2) is 13.8 Å². The van der Waals surface area contributed by atoms with Gasteiger partial charge in [-0.3, -0.25) is 4.68 Å². The molecule has 3 heterocycles. The minimum Gasteiger partial charge on any atom is -0.464 e. The topological polar surface area (TPSA) is 113 Å². The van der Waals surface area contributed by atoms with E-state index < -0.39 is 16.2 Å². The van der Waals surface area contributed by atoms with Gasteiger partial charge in [0.15, 0.2) is 0 Å². The molecule has 2 N–H and O–H groups in total. The number of carbonyl (C=O) groups excluding carboxylic acids is 1. The molecule has 2 amide bonds. The van der Waals surface area contributed by atoms with Crippen molar-refractivity contribution in [3.63, 3.8) is 0 Å². The molecule has 3 rings (SSSR count). The molecule has 0 saturated carbocycles. The van der Waals surface area contributed by atoms with Gasteiger partial charge in [-0.2, -0.15) is 13.5 Å². The lowest BCUT2D eigenvalue weighted by molar-refractivity contribution is 0.251. The van der Waals surface area contributed by atoms with Gasteiger partial charge >= 0.3 is 16.2 Å². The predicted octanol–water partition coefficient (Wildman–Crippen LogP) is 2.10. The van der Waals surface area contributed by atoms with Crippen molar-refractivity contribution in [3.05, 3.63) is 30.0 Å². The molecule has 1 saturated heterocycles. The van der Waals surface area contributed by atoms with E-state index in [1.54, 1.807) is 19.3 Å². The van der Waals surface area contributed by atoms with Gasteiger partial charge in [-0.1, -0.05) is 13.8 Å². The van der Waals surface area contributed by atoms with E-state index in [4.69, 9.17) is 4.42 Å². The van der Waals surface area contributed by atoms with Gasteiger partial charge in [0.25, 0.3) is 0 Å². The molecule has 0 bridgehead atoms. The standard InChI is InChI=1S/C19H30N6O4S/c1-5-16-10-17(18(6-2)29-16)21-19(26)22-30(27,28)25(15-11-20-24(4)13-15)14-8-7-9-23(3)12-14/h10-11,13-14H,5-9,12H2,1-4H3,(H2,21,22,26). The molecule has 0 radical (unpaired) electrons. The number of aryl methyl sites for hydroxylation is 3. The Morgan fingerprint density at radius 3 is 2.70 bits per heavy atom. The Kier molecular flexibility index (Phi) is 6.71. The summed E-state index contributed by atoms with van der Waals surface area (Å²) in [5.74, 6) is 1.34. The molecule has 30 heavy (non-hydrogen) atoms. The Morgan fingerprint density at radius 2 is 2.10 bits per heavy atom. The monoisotopic (exact) mass is 438 g/mol. The smallest absolute Gasteiger partial charge is 0.334 e. The Labute approximate surface area is 177 Å². The largest absolute Gasteiger partial charge is 0.464 e. The number of anilines is 2. The predicted molar refractivity (Wildman–Crippen MR) is 115 cm³/mol. The second-order valence-corrected chi connectivity index (χ2v) is 9.09. The Hall–Kier alpha value is -2.53. The summed E-state index contributed by atoms with van der Waals surface area (Å²) in [4.78, 5) is 14.7. The number of furan rings is 1. The molecule has 166 valence electrons. The molecule has 0 aromatic carbocycles. The van der Waals surface area contributed by atoms with Crippen LogP contribution in [0.4, 0.5) is 16.2 Å². The van der Waals surface area contributed by atoms with Crippen LogP contribution in [0.3, 0.4) is 0 Å². The lowest BCUT2D eigenvalue weighted by atomic mass is 10.1. The van der Waals surface area contributed by atoms with Gasteiger partial charge in [0.1, 0.15) is 11.5 Å². The highest BCUT2D eigenvalue weighted by Crippen LogP contribution is 2.26. The van der Waals surface area contributed by atoms with Gasteiger partial charge < -0.3 is 14.6 Å². The van der Waals surface area contributed by atoms with E-state index in [2.05, 4.69) is 20.0 Å². The number of hydrogen-bond acceptors (Lipinski definition) is 6. The maximum Gasteiger partial charge on any atom is 0.334 e.